The maximum absolute atomic E-state index is 13.5. The molecule has 0 aromatic carbocycles. The molecular formula is C34H62N2O12. The number of aliphatic hydroxyl groups is 4. The van der Waals surface area contributed by atoms with E-state index in [1.807, 2.05) is 37.7 Å². The summed E-state index contributed by atoms with van der Waals surface area (Å²) in [6, 6.07) is -0.941. The fourth-order valence-electron chi connectivity index (χ4n) is 7.27. The standard InChI is InChI=1S/C34H62N2O12/c1-12-24-34(8,44)29(41)22(6)36(11)17-18(2)16-33(7,43)30(20(4)27(40)21(5)31(42)46-24)48-32-28(47-26(39)14-13-25(37)38)23(35(9)10)15-19(3)45-32/h18-24,27-30,32,40-41,43-44H,12-17H2,1-11H3,(H,37,38)/t18-,19-,20+,21-,22-,23+,24-,27+,28-,29-,30-,32+,33-,34-/m1/s1. The van der Waals surface area contributed by atoms with Gasteiger partial charge in [0.2, 0.25) is 0 Å². The number of hydrogen-bond acceptors (Lipinski definition) is 13. The van der Waals surface area contributed by atoms with Crippen LogP contribution in [-0.2, 0) is 33.3 Å². The smallest absolute Gasteiger partial charge is 0.311 e. The highest BCUT2D eigenvalue weighted by Crippen LogP contribution is 2.37. The number of esters is 2. The molecule has 0 radical (unpaired) electrons. The number of nitrogens with zero attached hydrogens (tertiary/aromatic N) is 2. The van der Waals surface area contributed by atoms with E-state index in [0.717, 1.165) is 0 Å². The molecule has 2 saturated heterocycles. The van der Waals surface area contributed by atoms with Gasteiger partial charge in [0.15, 0.2) is 12.4 Å². The van der Waals surface area contributed by atoms with Crippen LogP contribution in [0.25, 0.3) is 0 Å². The van der Waals surface area contributed by atoms with Gasteiger partial charge in [0.1, 0.15) is 17.8 Å². The Labute approximate surface area is 285 Å². The average Bonchev–Trinajstić information content (AvgIpc) is 2.99. The number of carbonyl (C=O) groups is 3. The number of aliphatic carboxylic acids is 1. The molecule has 2 fully saturated rings. The normalized spacial score (nSPS) is 42.8. The molecule has 14 heteroatoms. The Bertz CT molecular complexity index is 1070. The maximum atomic E-state index is 13.5. The predicted molar refractivity (Wildman–Crippen MR) is 176 cm³/mol. The lowest BCUT2D eigenvalue weighted by atomic mass is 9.78. The highest BCUT2D eigenvalue weighted by molar-refractivity contribution is 5.76. The van der Waals surface area contributed by atoms with Gasteiger partial charge in [-0.3, -0.25) is 14.4 Å². The Hall–Kier alpha value is -1.91. The van der Waals surface area contributed by atoms with Gasteiger partial charge in [-0.1, -0.05) is 20.8 Å². The van der Waals surface area contributed by atoms with Crippen LogP contribution in [0.4, 0.5) is 0 Å². The van der Waals surface area contributed by atoms with E-state index >= 15 is 0 Å². The number of likely N-dealkylation sites (N-methyl/N-ethyl adjacent to an activating group) is 2. The minimum Gasteiger partial charge on any atom is -0.481 e. The fourth-order valence-corrected chi connectivity index (χ4v) is 7.27. The molecule has 280 valence electrons. The number of hydrogen-bond donors (Lipinski definition) is 5. The van der Waals surface area contributed by atoms with Crippen molar-refractivity contribution in [3.8, 4) is 0 Å². The highest BCUT2D eigenvalue weighted by atomic mass is 16.7. The third kappa shape index (κ3) is 10.5. The van der Waals surface area contributed by atoms with Gasteiger partial charge in [-0.25, -0.2) is 0 Å². The number of carboxylic acids is 1. The van der Waals surface area contributed by atoms with E-state index < -0.39 is 90.2 Å². The van der Waals surface area contributed by atoms with Crippen LogP contribution in [0, 0.1) is 17.8 Å². The van der Waals surface area contributed by atoms with Crippen LogP contribution in [0.5, 0.6) is 0 Å². The molecule has 0 aromatic heterocycles. The summed E-state index contributed by atoms with van der Waals surface area (Å²) in [6.07, 6.45) is -7.41. The SMILES string of the molecule is CC[C@H]1OC(=O)[C@H](C)[C@@H](O)[C@H](C)[C@@H](O[C@@H]2O[C@H](C)C[C@H](N(C)C)[C@H]2OC(=O)CCC(=O)O)[C@](C)(O)C[C@@H](C)CN(C)[C@H](C)[C@@H](O)[C@]1(C)O. The molecule has 48 heavy (non-hydrogen) atoms. The van der Waals surface area contributed by atoms with Crippen molar-refractivity contribution >= 4 is 17.9 Å². The molecule has 0 unspecified atom stereocenters. The van der Waals surface area contributed by atoms with Gasteiger partial charge in [0, 0.05) is 18.5 Å². The summed E-state index contributed by atoms with van der Waals surface area (Å²) in [4.78, 5) is 41.1. The number of rotatable bonds is 8. The molecule has 2 rings (SSSR count). The first-order valence-corrected chi connectivity index (χ1v) is 17.1. The quantitative estimate of drug-likeness (QED) is 0.229. The summed E-state index contributed by atoms with van der Waals surface area (Å²) in [6.45, 7) is 13.8. The second kappa shape index (κ2) is 17.3. The summed E-state index contributed by atoms with van der Waals surface area (Å²) in [5.41, 5.74) is -3.43. The lowest BCUT2D eigenvalue weighted by molar-refractivity contribution is -0.301. The first-order chi connectivity index (χ1) is 22.0. The topological polar surface area (TPSA) is 196 Å². The summed E-state index contributed by atoms with van der Waals surface area (Å²) >= 11 is 0. The van der Waals surface area contributed by atoms with Gasteiger partial charge in [0.25, 0.3) is 0 Å². The Morgan fingerprint density at radius 1 is 1.06 bits per heavy atom. The van der Waals surface area contributed by atoms with Crippen LogP contribution in [0.1, 0.15) is 87.5 Å². The summed E-state index contributed by atoms with van der Waals surface area (Å²) in [7, 11) is 5.42. The number of carboxylic acid groups (broad SMARTS) is 1. The van der Waals surface area contributed by atoms with Crippen LogP contribution in [0.15, 0.2) is 0 Å². The van der Waals surface area contributed by atoms with Crippen LogP contribution < -0.4 is 0 Å². The van der Waals surface area contributed by atoms with Gasteiger partial charge in [-0.15, -0.1) is 0 Å². The zero-order valence-corrected chi connectivity index (χ0v) is 30.7. The van der Waals surface area contributed by atoms with Gasteiger partial charge >= 0.3 is 17.9 Å². The Balaban J connectivity index is 2.59. The zero-order valence-electron chi connectivity index (χ0n) is 30.7. The van der Waals surface area contributed by atoms with E-state index in [4.69, 9.17) is 24.1 Å². The van der Waals surface area contributed by atoms with E-state index in [9.17, 15) is 34.8 Å². The Morgan fingerprint density at radius 3 is 2.21 bits per heavy atom. The Morgan fingerprint density at radius 2 is 1.67 bits per heavy atom. The lowest BCUT2D eigenvalue weighted by Crippen LogP contribution is -2.60. The molecule has 0 saturated carbocycles. The molecule has 0 aliphatic carbocycles. The number of ether oxygens (including phenoxy) is 4. The van der Waals surface area contributed by atoms with Gasteiger partial charge in [-0.2, -0.15) is 0 Å². The zero-order chi connectivity index (χ0) is 36.9. The molecule has 14 nitrogen and oxygen atoms in total. The maximum Gasteiger partial charge on any atom is 0.311 e. The number of cyclic esters (lactones) is 1. The summed E-state index contributed by atoms with van der Waals surface area (Å²) < 4.78 is 24.3. The van der Waals surface area contributed by atoms with Crippen molar-refractivity contribution in [2.75, 3.05) is 27.7 Å². The molecule has 0 spiro atoms. The molecule has 0 aromatic rings. The van der Waals surface area contributed by atoms with Crippen molar-refractivity contribution in [1.82, 2.24) is 9.80 Å². The molecular weight excluding hydrogens is 628 g/mol. The largest absolute Gasteiger partial charge is 0.481 e. The summed E-state index contributed by atoms with van der Waals surface area (Å²) in [5, 5.41) is 55.5. The van der Waals surface area contributed by atoms with E-state index in [1.54, 1.807) is 34.7 Å². The number of carbonyl (C=O) groups excluding carboxylic acids is 2. The van der Waals surface area contributed by atoms with Crippen molar-refractivity contribution < 1.29 is 58.9 Å². The van der Waals surface area contributed by atoms with Crippen LogP contribution in [0.3, 0.4) is 0 Å². The first kappa shape index (κ1) is 42.3. The van der Waals surface area contributed by atoms with Gasteiger partial charge < -0.3 is 54.3 Å². The van der Waals surface area contributed by atoms with Crippen LogP contribution >= 0.6 is 0 Å². The van der Waals surface area contributed by atoms with Crippen molar-refractivity contribution in [2.24, 2.45) is 17.8 Å². The average molecular weight is 691 g/mol. The minimum atomic E-state index is -1.80. The van der Waals surface area contributed by atoms with E-state index in [0.29, 0.717) is 13.0 Å². The van der Waals surface area contributed by atoms with Crippen LogP contribution in [-0.4, -0.2) is 147 Å². The Kier molecular flexibility index (Phi) is 15.3. The molecule has 2 aliphatic heterocycles. The third-order valence-electron chi connectivity index (χ3n) is 10.2. The molecule has 0 amide bonds. The second-order valence-corrected chi connectivity index (χ2v) is 15.0. The van der Waals surface area contributed by atoms with E-state index in [1.165, 1.54) is 13.8 Å². The van der Waals surface area contributed by atoms with Crippen molar-refractivity contribution in [2.45, 2.75) is 154 Å². The monoisotopic (exact) mass is 690 g/mol. The number of aliphatic hydroxyl groups excluding tert-OH is 2. The van der Waals surface area contributed by atoms with Crippen molar-refractivity contribution in [3.63, 3.8) is 0 Å². The highest BCUT2D eigenvalue weighted by Gasteiger charge is 2.50. The van der Waals surface area contributed by atoms with E-state index in [-0.39, 0.29) is 37.3 Å². The summed E-state index contributed by atoms with van der Waals surface area (Å²) in [5.74, 6) is -4.89. The minimum absolute atomic E-state index is 0.164. The first-order valence-electron chi connectivity index (χ1n) is 17.1. The molecule has 2 aliphatic rings. The third-order valence-corrected chi connectivity index (χ3v) is 10.2. The molecule has 0 bridgehead atoms. The van der Waals surface area contributed by atoms with Gasteiger partial charge in [0.05, 0.1) is 48.7 Å². The molecule has 5 N–H and O–H groups in total. The van der Waals surface area contributed by atoms with E-state index in [2.05, 4.69) is 0 Å². The second-order valence-electron chi connectivity index (χ2n) is 15.0. The van der Waals surface area contributed by atoms with Gasteiger partial charge in [-0.05, 0) is 80.9 Å². The van der Waals surface area contributed by atoms with Crippen molar-refractivity contribution in [3.05, 3.63) is 0 Å². The molecule has 14 atom stereocenters. The van der Waals surface area contributed by atoms with Crippen molar-refractivity contribution in [1.29, 1.82) is 0 Å². The molecule has 2 heterocycles. The van der Waals surface area contributed by atoms with Crippen LogP contribution in [0.2, 0.25) is 0 Å². The lowest BCUT2D eigenvalue weighted by Gasteiger charge is -2.47. The fraction of sp³-hybridized carbons (Fsp3) is 0.912. The predicted octanol–water partition coefficient (Wildman–Crippen LogP) is 1.39.